The van der Waals surface area contributed by atoms with Gasteiger partial charge in [-0.25, -0.2) is 14.6 Å². The van der Waals surface area contributed by atoms with E-state index in [0.29, 0.717) is 13.1 Å². The summed E-state index contributed by atoms with van der Waals surface area (Å²) >= 11 is 0. The first-order valence-electron chi connectivity index (χ1n) is 8.13. The Labute approximate surface area is 141 Å². The van der Waals surface area contributed by atoms with Crippen molar-refractivity contribution in [1.82, 2.24) is 30.0 Å². The Bertz CT molecular complexity index is 665. The van der Waals surface area contributed by atoms with Crippen LogP contribution in [0.5, 0.6) is 0 Å². The van der Waals surface area contributed by atoms with Crippen molar-refractivity contribution in [1.29, 1.82) is 0 Å². The lowest BCUT2D eigenvalue weighted by molar-refractivity contribution is -0.125. The molecule has 0 saturated carbocycles. The van der Waals surface area contributed by atoms with Gasteiger partial charge in [0.1, 0.15) is 12.1 Å². The molecule has 0 bridgehead atoms. The summed E-state index contributed by atoms with van der Waals surface area (Å²) in [6.07, 6.45) is 6.05. The fraction of sp³-hybridized carbons (Fsp3) is 0.500. The van der Waals surface area contributed by atoms with Crippen LogP contribution >= 0.6 is 0 Å². The van der Waals surface area contributed by atoms with Crippen molar-refractivity contribution >= 4 is 11.7 Å². The maximum atomic E-state index is 12.1. The van der Waals surface area contributed by atoms with Crippen molar-refractivity contribution < 1.29 is 4.79 Å². The van der Waals surface area contributed by atoms with Crippen molar-refractivity contribution in [2.45, 2.75) is 6.42 Å². The topological polar surface area (TPSA) is 79.2 Å². The highest BCUT2D eigenvalue weighted by Crippen LogP contribution is 2.23. The first-order chi connectivity index (χ1) is 11.6. The van der Waals surface area contributed by atoms with E-state index < -0.39 is 0 Å². The van der Waals surface area contributed by atoms with Gasteiger partial charge in [0, 0.05) is 38.1 Å². The van der Waals surface area contributed by atoms with E-state index in [2.05, 4.69) is 30.2 Å². The van der Waals surface area contributed by atoms with Crippen LogP contribution in [0.3, 0.4) is 0 Å². The molecule has 3 rings (SSSR count). The van der Waals surface area contributed by atoms with Crippen molar-refractivity contribution in [2.24, 2.45) is 5.92 Å². The van der Waals surface area contributed by atoms with Crippen molar-refractivity contribution in [3.63, 3.8) is 0 Å². The lowest BCUT2D eigenvalue weighted by Crippen LogP contribution is -2.54. The smallest absolute Gasteiger partial charge is 0.226 e. The number of nitrogens with zero attached hydrogens (tertiary/aromatic N) is 6. The van der Waals surface area contributed by atoms with E-state index in [4.69, 9.17) is 0 Å². The lowest BCUT2D eigenvalue weighted by atomic mass is 9.99. The summed E-state index contributed by atoms with van der Waals surface area (Å²) in [5, 5.41) is 7.17. The third-order valence-electron chi connectivity index (χ3n) is 4.04. The van der Waals surface area contributed by atoms with E-state index in [-0.39, 0.29) is 11.8 Å². The van der Waals surface area contributed by atoms with E-state index in [1.807, 2.05) is 32.4 Å². The van der Waals surface area contributed by atoms with Gasteiger partial charge in [-0.3, -0.25) is 4.79 Å². The molecule has 128 valence electrons. The lowest BCUT2D eigenvalue weighted by Gasteiger charge is -2.39. The Balaban J connectivity index is 1.48. The third-order valence-corrected chi connectivity index (χ3v) is 4.04. The largest absolute Gasteiger partial charge is 0.356 e. The van der Waals surface area contributed by atoms with Crippen molar-refractivity contribution in [3.05, 3.63) is 30.9 Å². The van der Waals surface area contributed by atoms with E-state index in [0.717, 1.165) is 31.1 Å². The molecule has 2 aromatic rings. The highest BCUT2D eigenvalue weighted by molar-refractivity contribution is 5.81. The Kier molecular flexibility index (Phi) is 5.05. The maximum absolute atomic E-state index is 12.1. The number of anilines is 1. The van der Waals surface area contributed by atoms with Gasteiger partial charge in [-0.05, 0) is 33.1 Å². The molecule has 1 amide bonds. The monoisotopic (exact) mass is 329 g/mol. The molecule has 3 heterocycles. The number of nitrogens with one attached hydrogen (secondary N) is 1. The van der Waals surface area contributed by atoms with Crippen LogP contribution in [-0.2, 0) is 4.79 Å². The molecular weight excluding hydrogens is 306 g/mol. The second kappa shape index (κ2) is 7.39. The van der Waals surface area contributed by atoms with Gasteiger partial charge in [0.05, 0.1) is 5.92 Å². The second-order valence-corrected chi connectivity index (χ2v) is 6.23. The number of hydrogen-bond acceptors (Lipinski definition) is 6. The highest BCUT2D eigenvalue weighted by atomic mass is 16.2. The van der Waals surface area contributed by atoms with Crippen LogP contribution in [0.4, 0.5) is 5.82 Å². The van der Waals surface area contributed by atoms with Gasteiger partial charge in [-0.15, -0.1) is 0 Å². The quantitative estimate of drug-likeness (QED) is 0.730. The molecule has 1 aliphatic heterocycles. The fourth-order valence-corrected chi connectivity index (χ4v) is 2.62. The van der Waals surface area contributed by atoms with Gasteiger partial charge < -0.3 is 15.1 Å². The predicted molar refractivity (Wildman–Crippen MR) is 91.0 cm³/mol. The van der Waals surface area contributed by atoms with Crippen molar-refractivity contribution in [2.75, 3.05) is 45.2 Å². The Morgan fingerprint density at radius 1 is 1.33 bits per heavy atom. The first-order valence-corrected chi connectivity index (χ1v) is 8.13. The van der Waals surface area contributed by atoms with E-state index in [1.54, 1.807) is 10.9 Å². The third kappa shape index (κ3) is 3.88. The zero-order valence-corrected chi connectivity index (χ0v) is 14.1. The molecule has 1 saturated heterocycles. The molecule has 24 heavy (non-hydrogen) atoms. The standard InChI is InChI=1S/C16H23N7O/c1-21(2)7-3-5-17-16(24)13-10-22(11-13)14-9-15(19-12-18-14)23-8-4-6-20-23/h4,6,8-9,12-13H,3,5,7,10-11H2,1-2H3,(H,17,24). The minimum Gasteiger partial charge on any atom is -0.356 e. The van der Waals surface area contributed by atoms with Crippen LogP contribution in [-0.4, -0.2) is 70.8 Å². The summed E-state index contributed by atoms with van der Waals surface area (Å²) in [5.41, 5.74) is 0. The number of carbonyl (C=O) groups is 1. The fourth-order valence-electron chi connectivity index (χ4n) is 2.62. The Morgan fingerprint density at radius 3 is 2.83 bits per heavy atom. The van der Waals surface area contributed by atoms with Crippen LogP contribution in [0.1, 0.15) is 6.42 Å². The molecule has 1 fully saturated rings. The van der Waals surface area contributed by atoms with Crippen LogP contribution in [0.25, 0.3) is 5.82 Å². The van der Waals surface area contributed by atoms with E-state index in [1.165, 1.54) is 6.33 Å². The van der Waals surface area contributed by atoms with Gasteiger partial charge >= 0.3 is 0 Å². The molecule has 0 unspecified atom stereocenters. The van der Waals surface area contributed by atoms with Gasteiger partial charge in [-0.1, -0.05) is 0 Å². The molecule has 8 nitrogen and oxygen atoms in total. The minimum absolute atomic E-state index is 0.0347. The van der Waals surface area contributed by atoms with E-state index in [9.17, 15) is 4.79 Å². The summed E-state index contributed by atoms with van der Waals surface area (Å²) in [5.74, 6) is 1.72. The average Bonchev–Trinajstić information content (AvgIpc) is 3.05. The normalized spacial score (nSPS) is 14.7. The molecule has 1 aliphatic rings. The SMILES string of the molecule is CN(C)CCCNC(=O)C1CN(c2cc(-n3cccn3)ncn2)C1. The summed E-state index contributed by atoms with van der Waals surface area (Å²) in [4.78, 5) is 24.8. The second-order valence-electron chi connectivity index (χ2n) is 6.23. The Morgan fingerprint density at radius 2 is 2.12 bits per heavy atom. The number of hydrogen-bond donors (Lipinski definition) is 1. The van der Waals surface area contributed by atoms with Crippen LogP contribution in [0.2, 0.25) is 0 Å². The first kappa shape index (κ1) is 16.4. The molecule has 0 aromatic carbocycles. The molecule has 0 spiro atoms. The van der Waals surface area contributed by atoms with Crippen LogP contribution < -0.4 is 10.2 Å². The van der Waals surface area contributed by atoms with Crippen LogP contribution in [0, 0.1) is 5.92 Å². The molecule has 0 radical (unpaired) electrons. The zero-order valence-electron chi connectivity index (χ0n) is 14.1. The highest BCUT2D eigenvalue weighted by Gasteiger charge is 2.33. The molecule has 2 aromatic heterocycles. The van der Waals surface area contributed by atoms with Gasteiger partial charge in [0.25, 0.3) is 0 Å². The number of amides is 1. The summed E-state index contributed by atoms with van der Waals surface area (Å²) in [7, 11) is 4.07. The Hall–Kier alpha value is -2.48. The van der Waals surface area contributed by atoms with Crippen LogP contribution in [0.15, 0.2) is 30.9 Å². The maximum Gasteiger partial charge on any atom is 0.226 e. The summed E-state index contributed by atoms with van der Waals surface area (Å²) < 4.78 is 1.69. The number of aromatic nitrogens is 4. The average molecular weight is 329 g/mol. The summed E-state index contributed by atoms with van der Waals surface area (Å²) in [6.45, 7) is 3.09. The molecule has 1 N–H and O–H groups in total. The van der Waals surface area contributed by atoms with E-state index >= 15 is 0 Å². The molecular formula is C16H23N7O. The van der Waals surface area contributed by atoms with Gasteiger partial charge in [-0.2, -0.15) is 5.10 Å². The molecule has 0 aliphatic carbocycles. The number of rotatable bonds is 7. The zero-order chi connectivity index (χ0) is 16.9. The predicted octanol–water partition coefficient (Wildman–Crippen LogP) is 0.166. The summed E-state index contributed by atoms with van der Waals surface area (Å²) in [6, 6.07) is 3.74. The van der Waals surface area contributed by atoms with Gasteiger partial charge in [0.2, 0.25) is 5.91 Å². The molecule has 0 atom stereocenters. The van der Waals surface area contributed by atoms with Crippen molar-refractivity contribution in [3.8, 4) is 5.82 Å². The minimum atomic E-state index is 0.0347. The van der Waals surface area contributed by atoms with Gasteiger partial charge in [0.15, 0.2) is 5.82 Å². The molecule has 8 heteroatoms. The number of carbonyl (C=O) groups excluding carboxylic acids is 1.